The van der Waals surface area contributed by atoms with E-state index in [1.54, 1.807) is 6.33 Å². The van der Waals surface area contributed by atoms with Crippen molar-refractivity contribution in [3.8, 4) is 22.5 Å². The van der Waals surface area contributed by atoms with Crippen molar-refractivity contribution >= 4 is 46.3 Å². The van der Waals surface area contributed by atoms with Crippen molar-refractivity contribution in [3.63, 3.8) is 0 Å². The van der Waals surface area contributed by atoms with Crippen LogP contribution in [0.4, 0.5) is 10.1 Å². The summed E-state index contributed by atoms with van der Waals surface area (Å²) in [5.74, 6) is -2.13. The molecular formula is C51H53FN10O6. The molecule has 1 atom stereocenters. The summed E-state index contributed by atoms with van der Waals surface area (Å²) in [4.78, 5) is 85.8. The lowest BCUT2D eigenvalue weighted by atomic mass is 9.87. The summed E-state index contributed by atoms with van der Waals surface area (Å²) in [5, 5.41) is 9.95. The first-order valence-corrected chi connectivity index (χ1v) is 23.4. The van der Waals surface area contributed by atoms with Gasteiger partial charge in [0.25, 0.3) is 11.8 Å². The molecular weight excluding hydrogens is 868 g/mol. The molecule has 3 fully saturated rings. The Morgan fingerprint density at radius 3 is 2.28 bits per heavy atom. The van der Waals surface area contributed by atoms with Gasteiger partial charge in [0.1, 0.15) is 23.8 Å². The first kappa shape index (κ1) is 44.7. The largest absolute Gasteiger partial charge is 0.369 e. The Hall–Kier alpha value is -7.14. The number of H-pyrrole nitrogens is 1. The molecule has 0 aliphatic carbocycles. The van der Waals surface area contributed by atoms with Crippen LogP contribution in [0.15, 0.2) is 71.5 Å². The van der Waals surface area contributed by atoms with Gasteiger partial charge >= 0.3 is 11.8 Å². The second-order valence-corrected chi connectivity index (χ2v) is 19.6. The Kier molecular flexibility index (Phi) is 11.7. The molecule has 6 aromatic rings. The molecule has 0 saturated carbocycles. The molecule has 0 radical (unpaired) electrons. The minimum atomic E-state index is -1.09. The molecule has 0 bridgehead atoms. The highest BCUT2D eigenvalue weighted by Gasteiger charge is 2.45. The van der Waals surface area contributed by atoms with Gasteiger partial charge in [0.2, 0.25) is 11.8 Å². The predicted molar refractivity (Wildman–Crippen MR) is 250 cm³/mol. The van der Waals surface area contributed by atoms with E-state index < -0.39 is 41.4 Å². The Morgan fingerprint density at radius 1 is 0.868 bits per heavy atom. The molecule has 3 aromatic carbocycles. The number of benzene rings is 3. The van der Waals surface area contributed by atoms with Crippen LogP contribution in [0.5, 0.6) is 0 Å². The van der Waals surface area contributed by atoms with Crippen LogP contribution < -0.4 is 15.5 Å². The third-order valence-corrected chi connectivity index (χ3v) is 14.0. The number of carbonyl (C=O) groups is 5. The monoisotopic (exact) mass is 920 g/mol. The van der Waals surface area contributed by atoms with Gasteiger partial charge in [-0.05, 0) is 110 Å². The molecule has 3 aromatic heterocycles. The number of fused-ring (bicyclic) bond motifs is 2. The molecule has 17 heteroatoms. The lowest BCUT2D eigenvalue weighted by Gasteiger charge is -2.38. The van der Waals surface area contributed by atoms with Gasteiger partial charge in [-0.2, -0.15) is 4.98 Å². The number of aromatic amines is 1. The summed E-state index contributed by atoms with van der Waals surface area (Å²) in [6.07, 6.45) is 5.53. The molecule has 3 saturated heterocycles. The van der Waals surface area contributed by atoms with Gasteiger partial charge in [-0.3, -0.25) is 34.2 Å². The van der Waals surface area contributed by atoms with Crippen LogP contribution in [0.2, 0.25) is 0 Å². The molecule has 4 aliphatic heterocycles. The van der Waals surface area contributed by atoms with E-state index in [0.717, 1.165) is 101 Å². The Labute approximate surface area is 392 Å². The van der Waals surface area contributed by atoms with Gasteiger partial charge in [-0.25, -0.2) is 14.4 Å². The Balaban J connectivity index is 0.715. The molecule has 0 spiro atoms. The van der Waals surface area contributed by atoms with E-state index in [-0.39, 0.29) is 35.3 Å². The number of amides is 5. The number of hydrogen-bond donors (Lipinski definition) is 3. The fraction of sp³-hybridized carbons (Fsp3) is 0.392. The zero-order chi connectivity index (χ0) is 47.4. The first-order valence-electron chi connectivity index (χ1n) is 23.4. The van der Waals surface area contributed by atoms with Crippen molar-refractivity contribution in [2.45, 2.75) is 90.1 Å². The maximum absolute atomic E-state index is 15.5. The summed E-state index contributed by atoms with van der Waals surface area (Å²) in [6, 6.07) is 18.5. The van der Waals surface area contributed by atoms with Crippen molar-refractivity contribution < 1.29 is 32.9 Å². The average Bonchev–Trinajstić information content (AvgIpc) is 4.07. The minimum Gasteiger partial charge on any atom is -0.369 e. The number of aromatic nitrogens is 5. The molecule has 3 N–H and O–H groups in total. The number of carbonyl (C=O) groups excluding carboxylic acids is 5. The number of halogens is 1. The third kappa shape index (κ3) is 8.66. The normalized spacial score (nSPS) is 18.7. The van der Waals surface area contributed by atoms with Crippen molar-refractivity contribution in [1.29, 1.82) is 0 Å². The van der Waals surface area contributed by atoms with Crippen LogP contribution >= 0.6 is 0 Å². The summed E-state index contributed by atoms with van der Waals surface area (Å²) in [6.45, 7) is 12.4. The van der Waals surface area contributed by atoms with E-state index in [9.17, 15) is 24.0 Å². The van der Waals surface area contributed by atoms with Crippen molar-refractivity contribution in [2.24, 2.45) is 5.92 Å². The number of imide groups is 2. The highest BCUT2D eigenvalue weighted by molar-refractivity contribution is 6.23. The van der Waals surface area contributed by atoms with Gasteiger partial charge in [0, 0.05) is 54.7 Å². The topological polar surface area (TPSA) is 200 Å². The van der Waals surface area contributed by atoms with Crippen molar-refractivity contribution in [1.82, 2.24) is 45.5 Å². The lowest BCUT2D eigenvalue weighted by Crippen LogP contribution is -2.54. The number of aryl methyl sites for hydroxylation is 1. The van der Waals surface area contributed by atoms with Gasteiger partial charge in [-0.1, -0.05) is 62.3 Å². The van der Waals surface area contributed by atoms with Crippen molar-refractivity contribution in [3.05, 3.63) is 112 Å². The molecule has 350 valence electrons. The summed E-state index contributed by atoms with van der Waals surface area (Å²) in [7, 11) is 0. The first-order chi connectivity index (χ1) is 32.7. The maximum atomic E-state index is 15.5. The number of likely N-dealkylation sites (tertiary alicyclic amines) is 1. The van der Waals surface area contributed by atoms with Gasteiger partial charge < -0.3 is 24.6 Å². The van der Waals surface area contributed by atoms with Crippen LogP contribution in [-0.2, 0) is 21.5 Å². The Morgan fingerprint density at radius 2 is 1.59 bits per heavy atom. The quantitative estimate of drug-likeness (QED) is 0.121. The highest BCUT2D eigenvalue weighted by atomic mass is 19.1. The molecule has 16 nitrogen and oxygen atoms in total. The molecule has 7 heterocycles. The van der Waals surface area contributed by atoms with Crippen LogP contribution in [-0.4, -0.2) is 103 Å². The number of nitrogens with one attached hydrogen (secondary N) is 3. The van der Waals surface area contributed by atoms with E-state index in [1.165, 1.54) is 11.6 Å². The van der Waals surface area contributed by atoms with Gasteiger partial charge in [-0.15, -0.1) is 0 Å². The fourth-order valence-electron chi connectivity index (χ4n) is 10.1. The summed E-state index contributed by atoms with van der Waals surface area (Å²) >= 11 is 0. The number of nitrogens with zero attached hydrogens (tertiary/aromatic N) is 7. The molecule has 68 heavy (non-hydrogen) atoms. The highest BCUT2D eigenvalue weighted by Crippen LogP contribution is 2.37. The lowest BCUT2D eigenvalue weighted by molar-refractivity contribution is -0.136. The third-order valence-electron chi connectivity index (χ3n) is 14.0. The van der Waals surface area contributed by atoms with E-state index in [1.807, 2.05) is 44.7 Å². The van der Waals surface area contributed by atoms with Crippen LogP contribution in [0.3, 0.4) is 0 Å². The summed E-state index contributed by atoms with van der Waals surface area (Å²) in [5.41, 5.74) is 7.82. The second-order valence-electron chi connectivity index (χ2n) is 19.6. The minimum absolute atomic E-state index is 0.0215. The fourth-order valence-corrected chi connectivity index (χ4v) is 10.1. The van der Waals surface area contributed by atoms with E-state index in [2.05, 4.69) is 77.0 Å². The second kappa shape index (κ2) is 17.8. The number of rotatable bonds is 10. The van der Waals surface area contributed by atoms with Gasteiger partial charge in [0.15, 0.2) is 5.82 Å². The smallest absolute Gasteiger partial charge is 0.315 e. The molecule has 4 aliphatic rings. The summed E-state index contributed by atoms with van der Waals surface area (Å²) < 4.78 is 20.7. The maximum Gasteiger partial charge on any atom is 0.315 e. The standard InChI is InChI=1S/C51H53FN10O6/c1-28-21-33(9-10-34(28)25-53-46(65)47-58-50(59-68-47)51(2,3)4)43-37-23-39(56-44(37)55-27-54-43)32-7-5-30(6-8-32)31-15-17-60(18-16-31)26-29-13-19-61(20-14-29)41-24-36-35(22-38(41)52)48(66)62(49(36)67)40-11-12-42(63)57-45(40)64/h5-10,21-24,27,29,31,40H,11-20,25-26H2,1-4H3,(H,53,65)(H,54,55,56)(H,57,63,64). The number of hydrogen-bond acceptors (Lipinski definition) is 12. The van der Waals surface area contributed by atoms with Crippen LogP contribution in [0.25, 0.3) is 33.5 Å². The molecule has 10 rings (SSSR count). The SMILES string of the molecule is Cc1cc(-c2ncnc3[nH]c(-c4ccc(C5CCN(CC6CCN(c7cc8c(cc7F)C(=O)N(C7CCC(=O)NC7=O)C8=O)CC6)CC5)cc4)cc23)ccc1CNC(=O)c1nc(C(C)(C)C)no1. The number of anilines is 1. The van der Waals surface area contributed by atoms with E-state index >= 15 is 4.39 Å². The predicted octanol–water partition coefficient (Wildman–Crippen LogP) is 6.85. The number of piperidine rings is 3. The van der Waals surface area contributed by atoms with Gasteiger partial charge in [0.05, 0.1) is 22.5 Å². The van der Waals surface area contributed by atoms with Crippen molar-refractivity contribution in [2.75, 3.05) is 37.6 Å². The van der Waals surface area contributed by atoms with Crippen LogP contribution in [0.1, 0.15) is 119 Å². The molecule has 1 unspecified atom stereocenters. The average molecular weight is 921 g/mol. The zero-order valence-corrected chi connectivity index (χ0v) is 38.5. The van der Waals surface area contributed by atoms with E-state index in [4.69, 9.17) is 4.52 Å². The molecule has 5 amide bonds. The zero-order valence-electron chi connectivity index (χ0n) is 38.5. The van der Waals surface area contributed by atoms with Crippen LogP contribution in [0, 0.1) is 18.7 Å². The Bertz CT molecular complexity index is 2980. The van der Waals surface area contributed by atoms with E-state index in [0.29, 0.717) is 43.0 Å².